The van der Waals surface area contributed by atoms with Crippen LogP contribution in [0.25, 0.3) is 0 Å². The summed E-state index contributed by atoms with van der Waals surface area (Å²) in [6, 6.07) is 0. The third-order valence-electron chi connectivity index (χ3n) is 4.14. The van der Waals surface area contributed by atoms with Crippen LogP contribution in [0, 0.1) is 17.3 Å². The van der Waals surface area contributed by atoms with E-state index in [1.54, 1.807) is 0 Å². The highest BCUT2D eigenvalue weighted by Crippen LogP contribution is 2.39. The zero-order valence-electron chi connectivity index (χ0n) is 11.3. The molecule has 1 aliphatic carbocycles. The molecule has 0 aromatic carbocycles. The highest BCUT2D eigenvalue weighted by molar-refractivity contribution is 4.94. The number of hydrogen-bond donors (Lipinski definition) is 1. The fourth-order valence-electron chi connectivity index (χ4n) is 2.73. The van der Waals surface area contributed by atoms with Gasteiger partial charge in [-0.2, -0.15) is 0 Å². The predicted molar refractivity (Wildman–Crippen MR) is 67.8 cm³/mol. The minimum absolute atomic E-state index is 0.116. The molecule has 3 atom stereocenters. The summed E-state index contributed by atoms with van der Waals surface area (Å²) in [4.78, 5) is 0. The van der Waals surface area contributed by atoms with Crippen LogP contribution in [0.3, 0.4) is 0 Å². The lowest BCUT2D eigenvalue weighted by atomic mass is 9.67. The highest BCUT2D eigenvalue weighted by Gasteiger charge is 2.37. The fourth-order valence-corrected chi connectivity index (χ4v) is 2.73. The maximum Gasteiger partial charge on any atom is 0.0182 e. The van der Waals surface area contributed by atoms with Crippen molar-refractivity contribution in [2.45, 2.75) is 72.3 Å². The number of nitrogens with two attached hydrogens (primary N) is 1. The van der Waals surface area contributed by atoms with Gasteiger partial charge in [-0.05, 0) is 42.9 Å². The molecule has 1 aliphatic rings. The molecule has 0 bridgehead atoms. The van der Waals surface area contributed by atoms with Gasteiger partial charge in [0.1, 0.15) is 0 Å². The monoisotopic (exact) mass is 211 g/mol. The maximum atomic E-state index is 6.60. The molecule has 2 N–H and O–H groups in total. The molecule has 3 unspecified atom stereocenters. The van der Waals surface area contributed by atoms with E-state index in [1.165, 1.54) is 32.1 Å². The zero-order valence-corrected chi connectivity index (χ0v) is 11.3. The van der Waals surface area contributed by atoms with Crippen molar-refractivity contribution in [3.05, 3.63) is 0 Å². The van der Waals surface area contributed by atoms with Gasteiger partial charge >= 0.3 is 0 Å². The van der Waals surface area contributed by atoms with Crippen molar-refractivity contribution in [3.8, 4) is 0 Å². The predicted octanol–water partition coefficient (Wildman–Crippen LogP) is 3.97. The molecule has 1 rings (SSSR count). The van der Waals surface area contributed by atoms with Crippen molar-refractivity contribution < 1.29 is 0 Å². The molecule has 0 saturated heterocycles. The summed E-state index contributed by atoms with van der Waals surface area (Å²) in [5, 5.41) is 0. The molecule has 0 radical (unpaired) electrons. The van der Waals surface area contributed by atoms with Crippen LogP contribution in [-0.4, -0.2) is 5.54 Å². The van der Waals surface area contributed by atoms with Crippen LogP contribution in [0.2, 0.25) is 0 Å². The Morgan fingerprint density at radius 1 is 1.20 bits per heavy atom. The van der Waals surface area contributed by atoms with E-state index in [4.69, 9.17) is 5.73 Å². The maximum absolute atomic E-state index is 6.60. The lowest BCUT2D eigenvalue weighted by Gasteiger charge is -2.43. The van der Waals surface area contributed by atoms with Crippen molar-refractivity contribution in [3.63, 3.8) is 0 Å². The summed E-state index contributed by atoms with van der Waals surface area (Å²) < 4.78 is 0. The van der Waals surface area contributed by atoms with E-state index < -0.39 is 0 Å². The van der Waals surface area contributed by atoms with Gasteiger partial charge < -0.3 is 5.73 Å². The average molecular weight is 211 g/mol. The molecule has 1 nitrogen and oxygen atoms in total. The topological polar surface area (TPSA) is 26.0 Å². The molecule has 0 spiro atoms. The molecule has 0 aromatic heterocycles. The first-order valence-corrected chi connectivity index (χ1v) is 6.52. The van der Waals surface area contributed by atoms with Crippen LogP contribution in [0.4, 0.5) is 0 Å². The summed E-state index contributed by atoms with van der Waals surface area (Å²) in [6.07, 6.45) is 6.37. The molecule has 90 valence electrons. The molecule has 0 aromatic rings. The third kappa shape index (κ3) is 3.79. The number of rotatable bonds is 2. The van der Waals surface area contributed by atoms with E-state index in [2.05, 4.69) is 34.6 Å². The Bertz CT molecular complexity index is 204. The van der Waals surface area contributed by atoms with Gasteiger partial charge in [0.2, 0.25) is 0 Å². The van der Waals surface area contributed by atoms with Gasteiger partial charge in [-0.15, -0.1) is 0 Å². The standard InChI is InChI=1S/C14H29N/c1-11-6-7-12(2)14(15,10-11)9-8-13(3,4)5/h11-12H,6-10,15H2,1-5H3. The van der Waals surface area contributed by atoms with Crippen molar-refractivity contribution in [1.82, 2.24) is 0 Å². The van der Waals surface area contributed by atoms with Crippen LogP contribution in [-0.2, 0) is 0 Å². The van der Waals surface area contributed by atoms with E-state index >= 15 is 0 Å². The van der Waals surface area contributed by atoms with Crippen LogP contribution >= 0.6 is 0 Å². The third-order valence-corrected chi connectivity index (χ3v) is 4.14. The minimum Gasteiger partial charge on any atom is -0.325 e. The lowest BCUT2D eigenvalue weighted by Crippen LogP contribution is -2.50. The van der Waals surface area contributed by atoms with Gasteiger partial charge in [0.25, 0.3) is 0 Å². The summed E-state index contributed by atoms with van der Waals surface area (Å²) in [7, 11) is 0. The minimum atomic E-state index is 0.116. The molecule has 1 fully saturated rings. The molecule has 15 heavy (non-hydrogen) atoms. The molecule has 0 amide bonds. The average Bonchev–Trinajstić information content (AvgIpc) is 2.08. The van der Waals surface area contributed by atoms with E-state index in [-0.39, 0.29) is 5.54 Å². The van der Waals surface area contributed by atoms with Crippen LogP contribution < -0.4 is 5.73 Å². The largest absolute Gasteiger partial charge is 0.325 e. The molecule has 0 heterocycles. The van der Waals surface area contributed by atoms with Crippen molar-refractivity contribution in [2.75, 3.05) is 0 Å². The van der Waals surface area contributed by atoms with Gasteiger partial charge in [-0.25, -0.2) is 0 Å². The lowest BCUT2D eigenvalue weighted by molar-refractivity contribution is 0.134. The smallest absolute Gasteiger partial charge is 0.0182 e. The van der Waals surface area contributed by atoms with Crippen molar-refractivity contribution in [1.29, 1.82) is 0 Å². The molecule has 1 heteroatoms. The quantitative estimate of drug-likeness (QED) is 0.735. The highest BCUT2D eigenvalue weighted by atomic mass is 14.8. The summed E-state index contributed by atoms with van der Waals surface area (Å²) >= 11 is 0. The summed E-state index contributed by atoms with van der Waals surface area (Å²) in [5.74, 6) is 1.53. The van der Waals surface area contributed by atoms with Crippen LogP contribution in [0.5, 0.6) is 0 Å². The summed E-state index contributed by atoms with van der Waals surface area (Å²) in [5.41, 5.74) is 7.14. The fraction of sp³-hybridized carbons (Fsp3) is 1.00. The van der Waals surface area contributed by atoms with Crippen LogP contribution in [0.15, 0.2) is 0 Å². The Morgan fingerprint density at radius 2 is 1.80 bits per heavy atom. The van der Waals surface area contributed by atoms with Crippen molar-refractivity contribution in [2.24, 2.45) is 23.0 Å². The molecular formula is C14H29N. The van der Waals surface area contributed by atoms with Gasteiger partial charge in [-0.3, -0.25) is 0 Å². The van der Waals surface area contributed by atoms with Crippen LogP contribution in [0.1, 0.15) is 66.7 Å². The second-order valence-electron chi connectivity index (χ2n) is 7.08. The van der Waals surface area contributed by atoms with Gasteiger partial charge in [0.05, 0.1) is 0 Å². The van der Waals surface area contributed by atoms with Crippen molar-refractivity contribution >= 4 is 0 Å². The van der Waals surface area contributed by atoms with E-state index in [1.807, 2.05) is 0 Å². The summed E-state index contributed by atoms with van der Waals surface area (Å²) in [6.45, 7) is 11.6. The first-order chi connectivity index (χ1) is 6.73. The Hall–Kier alpha value is -0.0400. The second-order valence-corrected chi connectivity index (χ2v) is 7.08. The van der Waals surface area contributed by atoms with E-state index in [9.17, 15) is 0 Å². The number of hydrogen-bond acceptors (Lipinski definition) is 1. The Kier molecular flexibility index (Phi) is 3.86. The molecular weight excluding hydrogens is 182 g/mol. The van der Waals surface area contributed by atoms with Gasteiger partial charge in [0, 0.05) is 5.54 Å². The van der Waals surface area contributed by atoms with E-state index in [0.717, 1.165) is 5.92 Å². The Morgan fingerprint density at radius 3 is 2.33 bits per heavy atom. The van der Waals surface area contributed by atoms with E-state index in [0.29, 0.717) is 11.3 Å². The Labute approximate surface area is 95.8 Å². The SMILES string of the molecule is CC1CCC(C)C(N)(CCC(C)(C)C)C1. The molecule has 0 aliphatic heterocycles. The normalized spacial score (nSPS) is 38.0. The zero-order chi connectivity index (χ0) is 11.7. The first-order valence-electron chi connectivity index (χ1n) is 6.52. The van der Waals surface area contributed by atoms with Gasteiger partial charge in [-0.1, -0.05) is 41.0 Å². The Balaban J connectivity index is 2.55. The molecule has 1 saturated carbocycles. The van der Waals surface area contributed by atoms with Gasteiger partial charge in [0.15, 0.2) is 0 Å². The second kappa shape index (κ2) is 4.45. The first kappa shape index (κ1) is 13.0.